The van der Waals surface area contributed by atoms with Crippen molar-refractivity contribution in [3.63, 3.8) is 0 Å². The molecule has 0 aliphatic rings. The number of thioether (sulfide) groups is 1. The summed E-state index contributed by atoms with van der Waals surface area (Å²) in [5.41, 5.74) is 0.452. The van der Waals surface area contributed by atoms with Gasteiger partial charge in [0.2, 0.25) is 5.91 Å². The Labute approximate surface area is 113 Å². The van der Waals surface area contributed by atoms with Gasteiger partial charge in [-0.3, -0.25) is 4.79 Å². The number of amides is 1. The summed E-state index contributed by atoms with van der Waals surface area (Å²) in [5.74, 6) is 0.448. The molecule has 0 aliphatic carbocycles. The van der Waals surface area contributed by atoms with E-state index in [4.69, 9.17) is 11.6 Å². The van der Waals surface area contributed by atoms with E-state index in [2.05, 4.69) is 10.1 Å². The van der Waals surface area contributed by atoms with Crippen molar-refractivity contribution in [2.75, 3.05) is 17.3 Å². The van der Waals surface area contributed by atoms with Gasteiger partial charge in [-0.2, -0.15) is 20.5 Å². The molecule has 7 heteroatoms. The number of hydrogen-bond acceptors (Lipinski definition) is 3. The van der Waals surface area contributed by atoms with E-state index in [9.17, 15) is 13.6 Å². The Morgan fingerprint density at radius 3 is 2.83 bits per heavy atom. The number of anilines is 1. The minimum Gasteiger partial charge on any atom is -0.433 e. The quantitative estimate of drug-likeness (QED) is 0.871. The third-order valence-electron chi connectivity index (χ3n) is 1.96. The highest BCUT2D eigenvalue weighted by molar-refractivity contribution is 7.98. The number of ether oxygens (including phenoxy) is 1. The van der Waals surface area contributed by atoms with E-state index < -0.39 is 6.61 Å². The summed E-state index contributed by atoms with van der Waals surface area (Å²) in [6, 6.07) is 4.12. The Kier molecular flexibility index (Phi) is 6.21. The maximum absolute atomic E-state index is 12.0. The lowest BCUT2D eigenvalue weighted by Crippen LogP contribution is -2.12. The molecule has 18 heavy (non-hydrogen) atoms. The number of carbonyl (C=O) groups excluding carboxylic acids is 1. The summed E-state index contributed by atoms with van der Waals surface area (Å²) >= 11 is 7.31. The fourth-order valence-corrected chi connectivity index (χ4v) is 1.80. The van der Waals surface area contributed by atoms with E-state index in [1.165, 1.54) is 18.2 Å². The minimum atomic E-state index is -2.93. The Morgan fingerprint density at radius 1 is 1.56 bits per heavy atom. The molecule has 0 fully saturated rings. The van der Waals surface area contributed by atoms with Gasteiger partial charge >= 0.3 is 6.61 Å². The van der Waals surface area contributed by atoms with Crippen LogP contribution in [0.3, 0.4) is 0 Å². The molecular weight excluding hydrogens is 284 g/mol. The Bertz CT molecular complexity index is 418. The number of alkyl halides is 2. The summed E-state index contributed by atoms with van der Waals surface area (Å²) in [6.07, 6.45) is 2.29. The number of nitrogens with one attached hydrogen (secondary N) is 1. The van der Waals surface area contributed by atoms with Crippen LogP contribution in [0.1, 0.15) is 6.42 Å². The van der Waals surface area contributed by atoms with E-state index >= 15 is 0 Å². The van der Waals surface area contributed by atoms with E-state index in [0.717, 1.165) is 0 Å². The van der Waals surface area contributed by atoms with Gasteiger partial charge in [0.1, 0.15) is 5.75 Å². The topological polar surface area (TPSA) is 38.3 Å². The Balaban J connectivity index is 2.63. The molecule has 0 aromatic heterocycles. The number of rotatable bonds is 6. The molecular formula is C11H12ClF2NO2S. The molecule has 0 saturated heterocycles. The standard InChI is InChI=1S/C11H12ClF2NO2S/c1-18-5-4-10(16)15-7-2-3-9(8(12)6-7)17-11(13)14/h2-3,6,11H,4-5H2,1H3,(H,15,16). The molecule has 0 saturated carbocycles. The number of halogens is 3. The minimum absolute atomic E-state index is 0.0259. The van der Waals surface area contributed by atoms with Gasteiger partial charge in [-0.15, -0.1) is 0 Å². The molecule has 1 aromatic carbocycles. The molecule has 1 N–H and O–H groups in total. The van der Waals surface area contributed by atoms with Gasteiger partial charge in [-0.05, 0) is 24.5 Å². The zero-order valence-electron chi connectivity index (χ0n) is 9.58. The molecule has 1 amide bonds. The zero-order valence-corrected chi connectivity index (χ0v) is 11.2. The smallest absolute Gasteiger partial charge is 0.387 e. The SMILES string of the molecule is CSCCC(=O)Nc1ccc(OC(F)F)c(Cl)c1. The predicted octanol–water partition coefficient (Wildman–Crippen LogP) is 3.63. The third-order valence-corrected chi connectivity index (χ3v) is 2.87. The monoisotopic (exact) mass is 295 g/mol. The summed E-state index contributed by atoms with van der Waals surface area (Å²) in [4.78, 5) is 11.4. The van der Waals surface area contributed by atoms with Crippen molar-refractivity contribution >= 4 is 35.0 Å². The van der Waals surface area contributed by atoms with Crippen molar-refractivity contribution in [3.8, 4) is 5.75 Å². The molecule has 0 unspecified atom stereocenters. The molecule has 100 valence electrons. The Morgan fingerprint density at radius 2 is 2.28 bits per heavy atom. The first-order valence-corrected chi connectivity index (χ1v) is 6.83. The van der Waals surface area contributed by atoms with E-state index in [1.54, 1.807) is 11.8 Å². The first-order valence-electron chi connectivity index (χ1n) is 5.06. The van der Waals surface area contributed by atoms with Gasteiger partial charge < -0.3 is 10.1 Å². The van der Waals surface area contributed by atoms with Crippen LogP contribution in [0.4, 0.5) is 14.5 Å². The molecule has 0 bridgehead atoms. The predicted molar refractivity (Wildman–Crippen MR) is 69.7 cm³/mol. The number of benzene rings is 1. The van der Waals surface area contributed by atoms with Crippen molar-refractivity contribution in [2.24, 2.45) is 0 Å². The number of carbonyl (C=O) groups is 1. The maximum Gasteiger partial charge on any atom is 0.387 e. The zero-order chi connectivity index (χ0) is 13.5. The van der Waals surface area contributed by atoms with E-state index in [1.807, 2.05) is 6.26 Å². The van der Waals surface area contributed by atoms with Crippen LogP contribution in [0.25, 0.3) is 0 Å². The second-order valence-corrected chi connectivity index (χ2v) is 4.71. The van der Waals surface area contributed by atoms with Crippen molar-refractivity contribution < 1.29 is 18.3 Å². The molecule has 1 aromatic rings. The van der Waals surface area contributed by atoms with Crippen LogP contribution in [-0.4, -0.2) is 24.5 Å². The summed E-state index contributed by atoms with van der Waals surface area (Å²) in [7, 11) is 0. The fraction of sp³-hybridized carbons (Fsp3) is 0.364. The second kappa shape index (κ2) is 7.43. The molecule has 0 radical (unpaired) electrons. The van der Waals surface area contributed by atoms with Gasteiger partial charge in [0, 0.05) is 17.9 Å². The lowest BCUT2D eigenvalue weighted by atomic mass is 10.3. The van der Waals surface area contributed by atoms with Crippen molar-refractivity contribution in [3.05, 3.63) is 23.2 Å². The highest BCUT2D eigenvalue weighted by atomic mass is 35.5. The number of hydrogen-bond donors (Lipinski definition) is 1. The van der Waals surface area contributed by atoms with Crippen LogP contribution in [0.5, 0.6) is 5.75 Å². The van der Waals surface area contributed by atoms with Crippen LogP contribution >= 0.6 is 23.4 Å². The highest BCUT2D eigenvalue weighted by Gasteiger charge is 2.10. The van der Waals surface area contributed by atoms with Crippen molar-refractivity contribution in [1.82, 2.24) is 0 Å². The lowest BCUT2D eigenvalue weighted by molar-refractivity contribution is -0.115. The Hall–Kier alpha value is -1.01. The van der Waals surface area contributed by atoms with Gasteiger partial charge in [0.15, 0.2) is 0 Å². The van der Waals surface area contributed by atoms with Crippen LogP contribution < -0.4 is 10.1 Å². The summed E-state index contributed by atoms with van der Waals surface area (Å²) in [6.45, 7) is -2.93. The van der Waals surface area contributed by atoms with Gasteiger partial charge in [0.25, 0.3) is 0 Å². The maximum atomic E-state index is 12.0. The molecule has 3 nitrogen and oxygen atoms in total. The first kappa shape index (κ1) is 15.0. The molecule has 0 spiro atoms. The average Bonchev–Trinajstić information content (AvgIpc) is 2.29. The van der Waals surface area contributed by atoms with Crippen LogP contribution in [-0.2, 0) is 4.79 Å². The molecule has 0 aliphatic heterocycles. The third kappa shape index (κ3) is 5.10. The van der Waals surface area contributed by atoms with Crippen molar-refractivity contribution in [2.45, 2.75) is 13.0 Å². The van der Waals surface area contributed by atoms with Crippen LogP contribution in [0, 0.1) is 0 Å². The lowest BCUT2D eigenvalue weighted by Gasteiger charge is -2.09. The van der Waals surface area contributed by atoms with Gasteiger partial charge in [-0.25, -0.2) is 0 Å². The second-order valence-electron chi connectivity index (χ2n) is 3.31. The average molecular weight is 296 g/mol. The molecule has 0 atom stereocenters. The van der Waals surface area contributed by atoms with Crippen LogP contribution in [0.2, 0.25) is 5.02 Å². The largest absolute Gasteiger partial charge is 0.433 e. The first-order chi connectivity index (χ1) is 8.52. The molecule has 0 heterocycles. The van der Waals surface area contributed by atoms with Gasteiger partial charge in [0.05, 0.1) is 5.02 Å². The fourth-order valence-electron chi connectivity index (χ4n) is 1.19. The summed E-state index contributed by atoms with van der Waals surface area (Å²) < 4.78 is 28.2. The highest BCUT2D eigenvalue weighted by Crippen LogP contribution is 2.28. The van der Waals surface area contributed by atoms with E-state index in [-0.39, 0.29) is 16.7 Å². The van der Waals surface area contributed by atoms with Crippen molar-refractivity contribution in [1.29, 1.82) is 0 Å². The van der Waals surface area contributed by atoms with Crippen LogP contribution in [0.15, 0.2) is 18.2 Å². The normalized spacial score (nSPS) is 10.5. The van der Waals surface area contributed by atoms with Gasteiger partial charge in [-0.1, -0.05) is 11.6 Å². The van der Waals surface area contributed by atoms with E-state index in [0.29, 0.717) is 17.9 Å². The summed E-state index contributed by atoms with van der Waals surface area (Å²) in [5, 5.41) is 2.64. The molecule has 1 rings (SSSR count).